The van der Waals surface area contributed by atoms with E-state index in [2.05, 4.69) is 84.3 Å². The van der Waals surface area contributed by atoms with Crippen LogP contribution in [0, 0.1) is 17.8 Å². The SMILES string of the molecule is C=C(CC/C=C/[C@H](OCOCC[Si](C)(C)C)[C@H](C)/C=C/[C@@H](OC(C)=O)[C@H](OCc1ccc(OC)cc1)[C@H](C)/C=C/CCC)[C@H](C)CCOC1CCCCO1. The maximum atomic E-state index is 12.4. The Morgan fingerprint density at radius 2 is 1.69 bits per heavy atom. The van der Waals surface area contributed by atoms with E-state index in [0.717, 1.165) is 68.9 Å². The maximum Gasteiger partial charge on any atom is 0.303 e. The molecule has 0 amide bonds. The van der Waals surface area contributed by atoms with Crippen molar-refractivity contribution < 1.29 is 38.0 Å². The predicted octanol–water partition coefficient (Wildman–Crippen LogP) is 10.9. The number of hydrogen-bond donors (Lipinski definition) is 0. The summed E-state index contributed by atoms with van der Waals surface area (Å²) >= 11 is 0. The summed E-state index contributed by atoms with van der Waals surface area (Å²) in [7, 11) is 0.439. The zero-order valence-electron chi connectivity index (χ0n) is 35.2. The third-order valence-electron chi connectivity index (χ3n) is 9.75. The molecule has 0 N–H and O–H groups in total. The molecule has 1 aromatic carbocycles. The molecular weight excluding hydrogens is 697 g/mol. The van der Waals surface area contributed by atoms with Gasteiger partial charge in [-0.1, -0.05) is 108 Å². The molecule has 2 rings (SSSR count). The van der Waals surface area contributed by atoms with Crippen molar-refractivity contribution in [1.82, 2.24) is 0 Å². The highest BCUT2D eigenvalue weighted by atomic mass is 28.3. The van der Waals surface area contributed by atoms with E-state index in [0.29, 0.717) is 25.7 Å². The van der Waals surface area contributed by atoms with Crippen molar-refractivity contribution in [2.45, 2.75) is 143 Å². The molecule has 0 saturated carbocycles. The summed E-state index contributed by atoms with van der Waals surface area (Å²) in [5, 5.41) is 0. The van der Waals surface area contributed by atoms with E-state index in [1.54, 1.807) is 7.11 Å². The minimum atomic E-state index is -1.21. The van der Waals surface area contributed by atoms with Gasteiger partial charge in [-0.25, -0.2) is 0 Å². The highest BCUT2D eigenvalue weighted by Crippen LogP contribution is 2.24. The van der Waals surface area contributed by atoms with Gasteiger partial charge in [-0.05, 0) is 80.7 Å². The highest BCUT2D eigenvalue weighted by molar-refractivity contribution is 6.76. The van der Waals surface area contributed by atoms with Gasteiger partial charge in [0.25, 0.3) is 0 Å². The molecule has 7 atom stereocenters. The van der Waals surface area contributed by atoms with E-state index in [-0.39, 0.29) is 37.0 Å². The van der Waals surface area contributed by atoms with Crippen molar-refractivity contribution >= 4 is 14.0 Å². The smallest absolute Gasteiger partial charge is 0.303 e. The molecule has 1 heterocycles. The van der Waals surface area contributed by atoms with E-state index in [4.69, 9.17) is 33.2 Å². The Balaban J connectivity index is 2.15. The summed E-state index contributed by atoms with van der Waals surface area (Å²) in [5.74, 6) is 0.765. The molecule has 0 spiro atoms. The van der Waals surface area contributed by atoms with E-state index >= 15 is 0 Å². The van der Waals surface area contributed by atoms with Gasteiger partial charge >= 0.3 is 5.97 Å². The van der Waals surface area contributed by atoms with E-state index in [9.17, 15) is 4.79 Å². The van der Waals surface area contributed by atoms with Crippen LogP contribution in [0.25, 0.3) is 0 Å². The highest BCUT2D eigenvalue weighted by Gasteiger charge is 2.28. The van der Waals surface area contributed by atoms with Crippen LogP contribution in [0.1, 0.15) is 91.5 Å². The second kappa shape index (κ2) is 27.1. The number of benzene rings is 1. The van der Waals surface area contributed by atoms with Gasteiger partial charge in [0.15, 0.2) is 6.29 Å². The zero-order chi connectivity index (χ0) is 39.8. The number of methoxy groups -OCH3 is 1. The van der Waals surface area contributed by atoms with E-state index in [1.807, 2.05) is 30.3 Å². The van der Waals surface area contributed by atoms with Crippen molar-refractivity contribution in [1.29, 1.82) is 0 Å². The number of rotatable bonds is 28. The van der Waals surface area contributed by atoms with Crippen molar-refractivity contribution in [3.05, 3.63) is 78.4 Å². The lowest BCUT2D eigenvalue weighted by Crippen LogP contribution is -2.36. The van der Waals surface area contributed by atoms with Gasteiger partial charge in [-0.2, -0.15) is 0 Å². The third kappa shape index (κ3) is 21.0. The van der Waals surface area contributed by atoms with Crippen LogP contribution in [0.2, 0.25) is 25.7 Å². The number of hydrogen-bond acceptors (Lipinski definition) is 8. The van der Waals surface area contributed by atoms with Crippen LogP contribution in [0.4, 0.5) is 0 Å². The van der Waals surface area contributed by atoms with Crippen LogP contribution in [-0.2, 0) is 39.8 Å². The molecule has 9 heteroatoms. The lowest BCUT2D eigenvalue weighted by molar-refractivity contribution is -0.163. The minimum absolute atomic E-state index is 0.00606. The number of unbranched alkanes of at least 4 members (excludes halogenated alkanes) is 1. The Morgan fingerprint density at radius 3 is 2.33 bits per heavy atom. The number of esters is 1. The Labute approximate surface area is 329 Å². The quantitative estimate of drug-likeness (QED) is 0.0274. The molecule has 1 fully saturated rings. The lowest BCUT2D eigenvalue weighted by Gasteiger charge is -2.29. The van der Waals surface area contributed by atoms with Gasteiger partial charge in [-0.3, -0.25) is 4.79 Å². The average Bonchev–Trinajstić information content (AvgIpc) is 3.14. The Morgan fingerprint density at radius 1 is 0.944 bits per heavy atom. The monoisotopic (exact) mass is 771 g/mol. The standard InChI is InChI=1S/C45H74O8Si/c1-11-12-13-19-38(5)45(51-33-40-23-25-41(47-7)26-24-40)43(53-39(6)46)27-22-37(4)42(52-34-48-31-32-54(8,9)10)20-15-14-18-35(2)36(3)28-30-50-44-21-16-17-29-49-44/h13,15,19-20,22-27,36-38,42-45H,2,11-12,14,16-18,21,28-34H2,1,3-10H3/b19-13+,20-15+,27-22+/t36-,37-,38-,42+,43-,44?,45-/m1/s1. The molecule has 1 unspecified atom stereocenters. The maximum absolute atomic E-state index is 12.4. The molecule has 0 bridgehead atoms. The summed E-state index contributed by atoms with van der Waals surface area (Å²) in [6.07, 6.45) is 19.4. The lowest BCUT2D eigenvalue weighted by atomic mass is 9.94. The number of carbonyl (C=O) groups is 1. The first-order valence-corrected chi connectivity index (χ1v) is 24.1. The summed E-state index contributed by atoms with van der Waals surface area (Å²) in [6.45, 7) is 24.2. The molecule has 1 saturated heterocycles. The van der Waals surface area contributed by atoms with Crippen molar-refractivity contribution in [2.24, 2.45) is 17.8 Å². The van der Waals surface area contributed by atoms with Gasteiger partial charge in [-0.15, -0.1) is 0 Å². The second-order valence-corrected chi connectivity index (χ2v) is 21.6. The zero-order valence-corrected chi connectivity index (χ0v) is 36.2. The fourth-order valence-electron chi connectivity index (χ4n) is 5.96. The molecule has 0 aromatic heterocycles. The molecule has 1 aliphatic rings. The van der Waals surface area contributed by atoms with Crippen molar-refractivity contribution in [3.8, 4) is 5.75 Å². The summed E-state index contributed by atoms with van der Waals surface area (Å²) in [6, 6.07) is 8.91. The van der Waals surface area contributed by atoms with Gasteiger partial charge in [0, 0.05) is 40.0 Å². The first kappa shape index (κ1) is 47.6. The van der Waals surface area contributed by atoms with Gasteiger partial charge in [0.2, 0.25) is 0 Å². The largest absolute Gasteiger partial charge is 0.497 e. The molecular formula is C45H74O8Si. The Bertz CT molecular complexity index is 1250. The number of carbonyl (C=O) groups excluding carboxylic acids is 1. The molecule has 8 nitrogen and oxygen atoms in total. The summed E-state index contributed by atoms with van der Waals surface area (Å²) in [4.78, 5) is 12.4. The van der Waals surface area contributed by atoms with Crippen molar-refractivity contribution in [2.75, 3.05) is 33.7 Å². The van der Waals surface area contributed by atoms with Crippen LogP contribution < -0.4 is 4.74 Å². The molecule has 306 valence electrons. The van der Waals surface area contributed by atoms with Crippen LogP contribution >= 0.6 is 0 Å². The first-order chi connectivity index (χ1) is 25.8. The minimum Gasteiger partial charge on any atom is -0.497 e. The van der Waals surface area contributed by atoms with Crippen LogP contribution in [-0.4, -0.2) is 72.4 Å². The fourth-order valence-corrected chi connectivity index (χ4v) is 6.72. The summed E-state index contributed by atoms with van der Waals surface area (Å²) < 4.78 is 41.8. The topological polar surface area (TPSA) is 81.7 Å². The number of ether oxygens (including phenoxy) is 7. The average molecular weight is 771 g/mol. The van der Waals surface area contributed by atoms with Crippen LogP contribution in [0.3, 0.4) is 0 Å². The van der Waals surface area contributed by atoms with Gasteiger partial charge in [0.1, 0.15) is 24.8 Å². The third-order valence-corrected chi connectivity index (χ3v) is 11.5. The molecule has 1 aromatic rings. The Hall–Kier alpha value is -2.53. The van der Waals surface area contributed by atoms with Gasteiger partial charge < -0.3 is 33.2 Å². The summed E-state index contributed by atoms with van der Waals surface area (Å²) in [5.41, 5.74) is 2.23. The first-order valence-electron chi connectivity index (χ1n) is 20.4. The normalized spacial score (nSPS) is 18.8. The molecule has 1 aliphatic heterocycles. The molecule has 54 heavy (non-hydrogen) atoms. The number of allylic oxidation sites excluding steroid dienone is 3. The fraction of sp³-hybridized carbons (Fsp3) is 0.667. The van der Waals surface area contributed by atoms with Crippen LogP contribution in [0.5, 0.6) is 5.75 Å². The van der Waals surface area contributed by atoms with Crippen LogP contribution in [0.15, 0.2) is 72.9 Å². The van der Waals surface area contributed by atoms with Gasteiger partial charge in [0.05, 0.1) is 26.4 Å². The molecule has 0 aliphatic carbocycles. The second-order valence-electron chi connectivity index (χ2n) is 16.0. The van der Waals surface area contributed by atoms with E-state index in [1.165, 1.54) is 18.9 Å². The Kier molecular flexibility index (Phi) is 23.9. The molecule has 0 radical (unpaired) electrons. The van der Waals surface area contributed by atoms with Crippen molar-refractivity contribution in [3.63, 3.8) is 0 Å². The van der Waals surface area contributed by atoms with E-state index < -0.39 is 20.3 Å². The predicted molar refractivity (Wildman–Crippen MR) is 223 cm³/mol.